The van der Waals surface area contributed by atoms with Crippen LogP contribution in [0.15, 0.2) is 24.3 Å². The molecule has 2 heterocycles. The minimum absolute atomic E-state index is 0.192. The van der Waals surface area contributed by atoms with Crippen LogP contribution in [0.2, 0.25) is 0 Å². The number of ether oxygens (including phenoxy) is 1. The third kappa shape index (κ3) is 4.55. The van der Waals surface area contributed by atoms with Crippen LogP contribution < -0.4 is 10.6 Å². The number of rotatable bonds is 9. The predicted molar refractivity (Wildman–Crippen MR) is 125 cm³/mol. The molecule has 2 aromatic heterocycles. The summed E-state index contributed by atoms with van der Waals surface area (Å²) in [5.74, 6) is 0.380. The smallest absolute Gasteiger partial charge is 0.224 e. The quantitative estimate of drug-likeness (QED) is 0.242. The molecule has 172 valence electrons. The number of fused-ring (bicyclic) bond motifs is 1. The van der Waals surface area contributed by atoms with E-state index in [4.69, 9.17) is 9.72 Å². The second-order valence-corrected chi connectivity index (χ2v) is 8.97. The molecule has 0 spiro atoms. The Balaban J connectivity index is 1.72. The Hall–Kier alpha value is -2.37. The molecule has 3 unspecified atom stereocenters. The van der Waals surface area contributed by atoms with Crippen molar-refractivity contribution < 1.29 is 20.1 Å². The molecule has 5 N–H and O–H groups in total. The number of hydrogen-bond acceptors (Lipinski definition) is 10. The molecular formula is C22H29N5O4S. The van der Waals surface area contributed by atoms with Crippen LogP contribution in [0.5, 0.6) is 0 Å². The van der Waals surface area contributed by atoms with Crippen molar-refractivity contribution in [1.82, 2.24) is 15.0 Å². The zero-order chi connectivity index (χ0) is 22.7. The van der Waals surface area contributed by atoms with Gasteiger partial charge in [0.2, 0.25) is 5.95 Å². The Kier molecular flexibility index (Phi) is 6.87. The maximum atomic E-state index is 11.2. The second-order valence-electron chi connectivity index (χ2n) is 7.94. The van der Waals surface area contributed by atoms with Gasteiger partial charge in [-0.2, -0.15) is 4.98 Å². The highest BCUT2D eigenvalue weighted by Crippen LogP contribution is 2.40. The predicted octanol–water partition coefficient (Wildman–Crippen LogP) is 2.37. The fourth-order valence-corrected chi connectivity index (χ4v) is 5.05. The number of nitrogens with zero attached hydrogens (tertiary/aromatic N) is 3. The van der Waals surface area contributed by atoms with Gasteiger partial charge in [-0.25, -0.2) is 9.97 Å². The van der Waals surface area contributed by atoms with Crippen LogP contribution in [-0.2, 0) is 4.74 Å². The van der Waals surface area contributed by atoms with Crippen molar-refractivity contribution >= 4 is 33.3 Å². The number of para-hydroxylation sites is 1. The van der Waals surface area contributed by atoms with Gasteiger partial charge in [-0.05, 0) is 38.8 Å². The van der Waals surface area contributed by atoms with Gasteiger partial charge in [0, 0.05) is 25.7 Å². The van der Waals surface area contributed by atoms with Crippen LogP contribution in [0.3, 0.4) is 0 Å². The topological polar surface area (TPSA) is 133 Å². The van der Waals surface area contributed by atoms with E-state index in [0.29, 0.717) is 49.2 Å². The first-order chi connectivity index (χ1) is 15.4. The first kappa shape index (κ1) is 22.8. The van der Waals surface area contributed by atoms with Crippen molar-refractivity contribution in [3.05, 3.63) is 30.0 Å². The molecule has 3 aromatic rings. The maximum absolute atomic E-state index is 11.2. The van der Waals surface area contributed by atoms with Gasteiger partial charge in [-0.15, -0.1) is 11.3 Å². The van der Waals surface area contributed by atoms with Gasteiger partial charge >= 0.3 is 0 Å². The zero-order valence-electron chi connectivity index (χ0n) is 18.2. The summed E-state index contributed by atoms with van der Waals surface area (Å²) >= 11 is 1.52. The lowest BCUT2D eigenvalue weighted by Crippen LogP contribution is -2.48. The lowest BCUT2D eigenvalue weighted by atomic mass is 10.0. The van der Waals surface area contributed by atoms with Gasteiger partial charge in [-0.1, -0.05) is 12.1 Å². The standard InChI is InChI=1S/C22H29N5O4S/c1-3-31-11-10-23-21-24-13(2)17(20-25-15-6-4-5-7-16(15)32-20)19(26-21)27-22(30)9-8-14(12-28)18(22)29/h4-7,14,18,28-30H,3,8-12H2,1-2H3,(H2,23,24,26,27). The Labute approximate surface area is 190 Å². The van der Waals surface area contributed by atoms with Gasteiger partial charge in [0.25, 0.3) is 0 Å². The Morgan fingerprint density at radius 2 is 2.06 bits per heavy atom. The molecule has 1 aromatic carbocycles. The number of benzene rings is 1. The lowest BCUT2D eigenvalue weighted by molar-refractivity contribution is -0.0545. The molecule has 0 amide bonds. The average molecular weight is 460 g/mol. The fourth-order valence-electron chi connectivity index (χ4n) is 3.99. The number of aliphatic hydroxyl groups excluding tert-OH is 2. The van der Waals surface area contributed by atoms with Crippen LogP contribution in [0.1, 0.15) is 25.5 Å². The SMILES string of the molecule is CCOCCNc1nc(C)c(-c2nc3ccccc3s2)c(NC2(O)CCC(CO)C2O)n1. The lowest BCUT2D eigenvalue weighted by Gasteiger charge is -2.31. The van der Waals surface area contributed by atoms with Crippen molar-refractivity contribution in [2.75, 3.05) is 37.0 Å². The van der Waals surface area contributed by atoms with E-state index in [1.165, 1.54) is 11.3 Å². The van der Waals surface area contributed by atoms with Gasteiger partial charge in [0.15, 0.2) is 5.72 Å². The number of aryl methyl sites for hydroxylation is 1. The van der Waals surface area contributed by atoms with E-state index in [0.717, 1.165) is 15.2 Å². The number of nitrogens with one attached hydrogen (secondary N) is 2. The van der Waals surface area contributed by atoms with Gasteiger partial charge in [0.1, 0.15) is 16.9 Å². The van der Waals surface area contributed by atoms with Gasteiger partial charge in [-0.3, -0.25) is 0 Å². The molecule has 0 radical (unpaired) electrons. The molecule has 10 heteroatoms. The summed E-state index contributed by atoms with van der Waals surface area (Å²) in [4.78, 5) is 13.9. The third-order valence-corrected chi connectivity index (χ3v) is 6.79. The number of hydrogen-bond donors (Lipinski definition) is 5. The summed E-state index contributed by atoms with van der Waals surface area (Å²) in [5, 5.41) is 38.2. The normalized spacial score (nSPS) is 23.0. The minimum atomic E-state index is -1.61. The Morgan fingerprint density at radius 3 is 2.78 bits per heavy atom. The summed E-state index contributed by atoms with van der Waals surface area (Å²) in [7, 11) is 0. The largest absolute Gasteiger partial charge is 0.396 e. The molecule has 1 aliphatic rings. The Morgan fingerprint density at radius 1 is 1.25 bits per heavy atom. The van der Waals surface area contributed by atoms with Crippen LogP contribution in [-0.4, -0.2) is 68.5 Å². The molecular weight excluding hydrogens is 430 g/mol. The number of thiazole rings is 1. The highest BCUT2D eigenvalue weighted by molar-refractivity contribution is 7.21. The monoisotopic (exact) mass is 459 g/mol. The van der Waals surface area contributed by atoms with E-state index in [2.05, 4.69) is 20.6 Å². The molecule has 4 rings (SSSR count). The summed E-state index contributed by atoms with van der Waals surface area (Å²) in [5.41, 5.74) is 0.629. The fraction of sp³-hybridized carbons (Fsp3) is 0.500. The van der Waals surface area contributed by atoms with E-state index in [1.54, 1.807) is 0 Å². The number of anilines is 2. The molecule has 0 bridgehead atoms. The van der Waals surface area contributed by atoms with Crippen LogP contribution in [0.4, 0.5) is 11.8 Å². The molecule has 1 fully saturated rings. The van der Waals surface area contributed by atoms with E-state index in [1.807, 2.05) is 38.1 Å². The highest BCUT2D eigenvalue weighted by Gasteiger charge is 2.47. The average Bonchev–Trinajstić information content (AvgIpc) is 3.32. The van der Waals surface area contributed by atoms with E-state index in [-0.39, 0.29) is 13.0 Å². The highest BCUT2D eigenvalue weighted by atomic mass is 32.1. The molecule has 1 saturated carbocycles. The van der Waals surface area contributed by atoms with Gasteiger partial charge in [0.05, 0.1) is 28.1 Å². The van der Waals surface area contributed by atoms with E-state index < -0.39 is 17.7 Å². The molecule has 0 aliphatic heterocycles. The summed E-state index contributed by atoms with van der Waals surface area (Å²) in [6.45, 7) is 5.29. The first-order valence-corrected chi connectivity index (χ1v) is 11.6. The number of aromatic nitrogens is 3. The molecule has 3 atom stereocenters. The second kappa shape index (κ2) is 9.63. The van der Waals surface area contributed by atoms with Crippen molar-refractivity contribution in [3.8, 4) is 10.6 Å². The van der Waals surface area contributed by atoms with Crippen molar-refractivity contribution in [1.29, 1.82) is 0 Å². The molecule has 9 nitrogen and oxygen atoms in total. The summed E-state index contributed by atoms with van der Waals surface area (Å²) in [6.07, 6.45) is -0.337. The maximum Gasteiger partial charge on any atom is 0.224 e. The first-order valence-electron chi connectivity index (χ1n) is 10.8. The molecule has 0 saturated heterocycles. The van der Waals surface area contributed by atoms with E-state index >= 15 is 0 Å². The molecule has 32 heavy (non-hydrogen) atoms. The summed E-state index contributed by atoms with van der Waals surface area (Å²) < 4.78 is 6.40. The van der Waals surface area contributed by atoms with Crippen molar-refractivity contribution in [2.45, 2.75) is 38.5 Å². The van der Waals surface area contributed by atoms with Crippen molar-refractivity contribution in [2.24, 2.45) is 5.92 Å². The number of aliphatic hydroxyl groups is 3. The minimum Gasteiger partial charge on any atom is -0.396 e. The van der Waals surface area contributed by atoms with Gasteiger partial charge < -0.3 is 30.7 Å². The summed E-state index contributed by atoms with van der Waals surface area (Å²) in [6, 6.07) is 7.85. The zero-order valence-corrected chi connectivity index (χ0v) is 19.0. The molecule has 1 aliphatic carbocycles. The van der Waals surface area contributed by atoms with Crippen LogP contribution in [0.25, 0.3) is 20.8 Å². The third-order valence-electron chi connectivity index (χ3n) is 5.73. The Bertz CT molecular complexity index is 1040. The van der Waals surface area contributed by atoms with E-state index in [9.17, 15) is 15.3 Å². The van der Waals surface area contributed by atoms with Crippen LogP contribution in [0, 0.1) is 12.8 Å². The van der Waals surface area contributed by atoms with Crippen LogP contribution >= 0.6 is 11.3 Å². The van der Waals surface area contributed by atoms with Crippen molar-refractivity contribution in [3.63, 3.8) is 0 Å².